The number of nitrogens with zero attached hydrogens (tertiary/aromatic N) is 1. The molecule has 0 aliphatic carbocycles. The predicted octanol–water partition coefficient (Wildman–Crippen LogP) is -0.0346. The molecule has 1 amide bonds. The SMILES string of the molecule is CCCNC1CCN(CCS(C)=O)C1=O. The summed E-state index contributed by atoms with van der Waals surface area (Å²) in [6, 6.07) is -0.00441. The molecule has 0 aromatic carbocycles. The minimum Gasteiger partial charge on any atom is -0.340 e. The predicted molar refractivity (Wildman–Crippen MR) is 62.2 cm³/mol. The summed E-state index contributed by atoms with van der Waals surface area (Å²) < 4.78 is 10.9. The van der Waals surface area contributed by atoms with E-state index in [2.05, 4.69) is 12.2 Å². The van der Waals surface area contributed by atoms with Crippen LogP contribution < -0.4 is 5.32 Å². The first-order valence-electron chi connectivity index (χ1n) is 5.47. The van der Waals surface area contributed by atoms with Gasteiger partial charge in [0.05, 0.1) is 6.04 Å². The second-order valence-corrected chi connectivity index (χ2v) is 5.45. The summed E-state index contributed by atoms with van der Waals surface area (Å²) in [5.41, 5.74) is 0. The van der Waals surface area contributed by atoms with Gasteiger partial charge >= 0.3 is 0 Å². The Bertz CT molecular complexity index is 246. The molecule has 1 heterocycles. The van der Waals surface area contributed by atoms with Gasteiger partial charge < -0.3 is 10.2 Å². The van der Waals surface area contributed by atoms with E-state index >= 15 is 0 Å². The first kappa shape index (κ1) is 12.6. The van der Waals surface area contributed by atoms with Crippen LogP contribution in [0.1, 0.15) is 19.8 Å². The maximum Gasteiger partial charge on any atom is 0.239 e. The van der Waals surface area contributed by atoms with Gasteiger partial charge in [-0.05, 0) is 19.4 Å². The summed E-state index contributed by atoms with van der Waals surface area (Å²) in [5.74, 6) is 0.764. The summed E-state index contributed by atoms with van der Waals surface area (Å²) in [6.07, 6.45) is 3.60. The quantitative estimate of drug-likeness (QED) is 0.699. The van der Waals surface area contributed by atoms with Gasteiger partial charge in [0.2, 0.25) is 5.91 Å². The second kappa shape index (κ2) is 6.23. The van der Waals surface area contributed by atoms with E-state index in [1.807, 2.05) is 4.90 Å². The van der Waals surface area contributed by atoms with Crippen LogP contribution in [0.4, 0.5) is 0 Å². The molecule has 88 valence electrons. The van der Waals surface area contributed by atoms with Crippen LogP contribution in [0, 0.1) is 0 Å². The first-order valence-corrected chi connectivity index (χ1v) is 7.20. The van der Waals surface area contributed by atoms with Crippen LogP contribution in [0.2, 0.25) is 0 Å². The highest BCUT2D eigenvalue weighted by Gasteiger charge is 2.30. The molecule has 4 nitrogen and oxygen atoms in total. The van der Waals surface area contributed by atoms with Crippen molar-refractivity contribution in [2.75, 3.05) is 31.6 Å². The lowest BCUT2D eigenvalue weighted by atomic mass is 10.2. The Labute approximate surface area is 93.9 Å². The largest absolute Gasteiger partial charge is 0.340 e. The van der Waals surface area contributed by atoms with Gasteiger partial charge in [-0.15, -0.1) is 0 Å². The van der Waals surface area contributed by atoms with Gasteiger partial charge in [0.15, 0.2) is 0 Å². The van der Waals surface area contributed by atoms with Crippen LogP contribution in [-0.4, -0.2) is 52.7 Å². The Morgan fingerprint density at radius 1 is 1.60 bits per heavy atom. The molecule has 1 fully saturated rings. The van der Waals surface area contributed by atoms with Crippen molar-refractivity contribution in [2.24, 2.45) is 0 Å². The van der Waals surface area contributed by atoms with Crippen molar-refractivity contribution >= 4 is 16.7 Å². The highest BCUT2D eigenvalue weighted by atomic mass is 32.2. The maximum atomic E-state index is 11.8. The van der Waals surface area contributed by atoms with Gasteiger partial charge in [-0.3, -0.25) is 9.00 Å². The van der Waals surface area contributed by atoms with Crippen LogP contribution in [-0.2, 0) is 15.6 Å². The molecule has 0 bridgehead atoms. The van der Waals surface area contributed by atoms with E-state index in [-0.39, 0.29) is 11.9 Å². The molecule has 2 atom stereocenters. The van der Waals surface area contributed by atoms with Crippen LogP contribution in [0.25, 0.3) is 0 Å². The molecule has 1 saturated heterocycles. The van der Waals surface area contributed by atoms with Crippen LogP contribution in [0.15, 0.2) is 0 Å². The molecule has 0 aromatic heterocycles. The highest BCUT2D eigenvalue weighted by molar-refractivity contribution is 7.84. The van der Waals surface area contributed by atoms with E-state index in [1.165, 1.54) is 0 Å². The summed E-state index contributed by atoms with van der Waals surface area (Å²) >= 11 is 0. The lowest BCUT2D eigenvalue weighted by Crippen LogP contribution is -2.39. The Morgan fingerprint density at radius 2 is 2.33 bits per heavy atom. The molecule has 2 unspecified atom stereocenters. The number of hydrogen-bond donors (Lipinski definition) is 1. The zero-order valence-electron chi connectivity index (χ0n) is 9.49. The Kier molecular flexibility index (Phi) is 5.25. The first-order chi connectivity index (χ1) is 7.15. The zero-order valence-corrected chi connectivity index (χ0v) is 10.3. The molecule has 15 heavy (non-hydrogen) atoms. The lowest BCUT2D eigenvalue weighted by Gasteiger charge is -2.16. The molecule has 1 rings (SSSR count). The number of hydrogen-bond acceptors (Lipinski definition) is 3. The van der Waals surface area contributed by atoms with Crippen molar-refractivity contribution in [3.8, 4) is 0 Å². The van der Waals surface area contributed by atoms with Gasteiger partial charge in [-0.1, -0.05) is 6.92 Å². The second-order valence-electron chi connectivity index (χ2n) is 3.90. The van der Waals surface area contributed by atoms with Crippen LogP contribution in [0.3, 0.4) is 0 Å². The average molecular weight is 232 g/mol. The number of amides is 1. The van der Waals surface area contributed by atoms with E-state index in [9.17, 15) is 9.00 Å². The fourth-order valence-electron chi connectivity index (χ4n) is 1.71. The third-order valence-electron chi connectivity index (χ3n) is 2.59. The minimum atomic E-state index is -0.807. The lowest BCUT2D eigenvalue weighted by molar-refractivity contribution is -0.129. The fourth-order valence-corrected chi connectivity index (χ4v) is 2.19. The molecule has 1 aliphatic rings. The number of carbonyl (C=O) groups excluding carboxylic acids is 1. The third kappa shape index (κ3) is 3.91. The highest BCUT2D eigenvalue weighted by Crippen LogP contribution is 2.10. The molecule has 1 aliphatic heterocycles. The molecule has 0 radical (unpaired) electrons. The topological polar surface area (TPSA) is 49.4 Å². The molecule has 0 saturated carbocycles. The molecule has 0 spiro atoms. The van der Waals surface area contributed by atoms with Crippen LogP contribution >= 0.6 is 0 Å². The van der Waals surface area contributed by atoms with Gasteiger partial charge in [0.1, 0.15) is 0 Å². The van der Waals surface area contributed by atoms with Gasteiger partial charge in [-0.25, -0.2) is 0 Å². The summed E-state index contributed by atoms with van der Waals surface area (Å²) in [7, 11) is -0.807. The summed E-state index contributed by atoms with van der Waals surface area (Å²) in [4.78, 5) is 13.6. The molecule has 5 heteroatoms. The third-order valence-corrected chi connectivity index (χ3v) is 3.34. The standard InChI is InChI=1S/C10H20N2O2S/c1-3-5-11-9-4-6-12(10(9)13)7-8-15(2)14/h9,11H,3-8H2,1-2H3. The van der Waals surface area contributed by atoms with E-state index in [0.717, 1.165) is 25.9 Å². The van der Waals surface area contributed by atoms with E-state index < -0.39 is 10.8 Å². The Hall–Kier alpha value is -0.420. The van der Waals surface area contributed by atoms with E-state index in [4.69, 9.17) is 0 Å². The van der Waals surface area contributed by atoms with Crippen molar-refractivity contribution in [3.63, 3.8) is 0 Å². The Morgan fingerprint density at radius 3 is 2.93 bits per heavy atom. The van der Waals surface area contributed by atoms with E-state index in [0.29, 0.717) is 12.3 Å². The fraction of sp³-hybridized carbons (Fsp3) is 0.900. The van der Waals surface area contributed by atoms with Crippen LogP contribution in [0.5, 0.6) is 0 Å². The molecule has 1 N–H and O–H groups in total. The molecule has 0 aromatic rings. The Balaban J connectivity index is 2.32. The van der Waals surface area contributed by atoms with E-state index in [1.54, 1.807) is 6.26 Å². The molecular formula is C10H20N2O2S. The monoisotopic (exact) mass is 232 g/mol. The van der Waals surface area contributed by atoms with Crippen molar-refractivity contribution in [1.82, 2.24) is 10.2 Å². The average Bonchev–Trinajstić information content (AvgIpc) is 2.54. The smallest absolute Gasteiger partial charge is 0.239 e. The number of likely N-dealkylation sites (tertiary alicyclic amines) is 1. The van der Waals surface area contributed by atoms with Crippen molar-refractivity contribution in [2.45, 2.75) is 25.8 Å². The summed E-state index contributed by atoms with van der Waals surface area (Å²) in [5, 5.41) is 3.23. The minimum absolute atomic E-state index is 0.00441. The maximum absolute atomic E-state index is 11.8. The summed E-state index contributed by atoms with van der Waals surface area (Å²) in [6.45, 7) is 4.41. The van der Waals surface area contributed by atoms with Crippen molar-refractivity contribution in [3.05, 3.63) is 0 Å². The normalized spacial score (nSPS) is 23.5. The van der Waals surface area contributed by atoms with Gasteiger partial charge in [-0.2, -0.15) is 0 Å². The molecular weight excluding hydrogens is 212 g/mol. The van der Waals surface area contributed by atoms with Crippen molar-refractivity contribution < 1.29 is 9.00 Å². The number of rotatable bonds is 6. The van der Waals surface area contributed by atoms with Crippen molar-refractivity contribution in [1.29, 1.82) is 0 Å². The zero-order chi connectivity index (χ0) is 11.3. The number of carbonyl (C=O) groups is 1. The number of nitrogens with one attached hydrogen (secondary N) is 1. The van der Waals surface area contributed by atoms with Gasteiger partial charge in [0, 0.05) is 35.9 Å². The van der Waals surface area contributed by atoms with Gasteiger partial charge in [0.25, 0.3) is 0 Å².